The van der Waals surface area contributed by atoms with Gasteiger partial charge in [-0.25, -0.2) is 0 Å². The zero-order valence-corrected chi connectivity index (χ0v) is 6.77. The molecule has 0 aliphatic heterocycles. The highest BCUT2D eigenvalue weighted by Crippen LogP contribution is 2.15. The Balaban J connectivity index is 3.01. The molecule has 2 rings (SSSR count). The number of aromatic hydroxyl groups is 1. The molecule has 13 heavy (non-hydrogen) atoms. The van der Waals surface area contributed by atoms with E-state index in [9.17, 15) is 9.90 Å². The van der Waals surface area contributed by atoms with Gasteiger partial charge in [0.1, 0.15) is 5.75 Å². The lowest BCUT2D eigenvalue weighted by Crippen LogP contribution is -2.12. The fourth-order valence-corrected chi connectivity index (χ4v) is 1.23. The normalized spacial score (nSPS) is 10.5. The third kappa shape index (κ3) is 1.12. The van der Waals surface area contributed by atoms with Crippen molar-refractivity contribution in [3.05, 3.63) is 40.8 Å². The smallest absolute Gasteiger partial charge is 0.255 e. The van der Waals surface area contributed by atoms with Gasteiger partial charge in [-0.05, 0) is 12.1 Å². The van der Waals surface area contributed by atoms with Gasteiger partial charge in [-0.2, -0.15) is 0 Å². The van der Waals surface area contributed by atoms with Crippen LogP contribution in [-0.4, -0.2) is 9.51 Å². The van der Waals surface area contributed by atoms with Crippen LogP contribution in [0.1, 0.15) is 0 Å². The molecule has 0 radical (unpaired) electrons. The van der Waals surface area contributed by atoms with Crippen LogP contribution < -0.4 is 11.3 Å². The van der Waals surface area contributed by atoms with Crippen LogP contribution in [0.15, 0.2) is 35.3 Å². The van der Waals surface area contributed by atoms with Crippen LogP contribution >= 0.6 is 0 Å². The van der Waals surface area contributed by atoms with E-state index >= 15 is 0 Å². The molecule has 0 fully saturated rings. The molecule has 0 saturated carbocycles. The van der Waals surface area contributed by atoms with E-state index in [1.165, 1.54) is 34.9 Å². The number of nitrogens with two attached hydrogens (primary N) is 1. The van der Waals surface area contributed by atoms with E-state index in [4.69, 9.17) is 5.73 Å². The van der Waals surface area contributed by atoms with Crippen molar-refractivity contribution in [2.24, 2.45) is 0 Å². The summed E-state index contributed by atoms with van der Waals surface area (Å²) in [7, 11) is 0. The van der Waals surface area contributed by atoms with Crippen LogP contribution in [0.5, 0.6) is 5.75 Å². The number of pyridine rings is 2. The molecule has 4 nitrogen and oxygen atoms in total. The number of nitrogen functional groups attached to an aromatic ring is 1. The van der Waals surface area contributed by atoms with Gasteiger partial charge in [0.2, 0.25) is 0 Å². The second-order valence-electron chi connectivity index (χ2n) is 2.77. The maximum atomic E-state index is 11.3. The monoisotopic (exact) mass is 176 g/mol. The number of hydrogen-bond donors (Lipinski definition) is 2. The van der Waals surface area contributed by atoms with Crippen LogP contribution in [0, 0.1) is 0 Å². The minimum absolute atomic E-state index is 0.0947. The quantitative estimate of drug-likeness (QED) is 0.617. The molecular weight excluding hydrogens is 168 g/mol. The van der Waals surface area contributed by atoms with E-state index in [-0.39, 0.29) is 11.3 Å². The molecule has 2 aromatic heterocycles. The highest BCUT2D eigenvalue weighted by molar-refractivity contribution is 5.70. The second kappa shape index (κ2) is 2.52. The summed E-state index contributed by atoms with van der Waals surface area (Å²) < 4.78 is 1.38. The molecule has 0 amide bonds. The van der Waals surface area contributed by atoms with Crippen molar-refractivity contribution in [1.82, 2.24) is 4.40 Å². The van der Waals surface area contributed by atoms with E-state index in [1.807, 2.05) is 0 Å². The third-order valence-corrected chi connectivity index (χ3v) is 1.88. The minimum Gasteiger partial charge on any atom is -0.508 e. The Bertz CT molecular complexity index is 516. The fraction of sp³-hybridized carbons (Fsp3) is 0. The second-order valence-corrected chi connectivity index (χ2v) is 2.77. The lowest BCUT2D eigenvalue weighted by Gasteiger charge is -2.02. The topological polar surface area (TPSA) is 67.7 Å². The first-order valence-electron chi connectivity index (χ1n) is 3.78. The first kappa shape index (κ1) is 7.67. The van der Waals surface area contributed by atoms with Crippen LogP contribution in [-0.2, 0) is 0 Å². The third-order valence-electron chi connectivity index (χ3n) is 1.88. The predicted octanol–water partition coefficient (Wildman–Crippen LogP) is 0.587. The number of rotatable bonds is 0. The number of fused-ring (bicyclic) bond motifs is 1. The molecule has 0 bridgehead atoms. The van der Waals surface area contributed by atoms with Gasteiger partial charge in [-0.3, -0.25) is 9.20 Å². The number of hydrogen-bond acceptors (Lipinski definition) is 3. The molecule has 66 valence electrons. The number of nitrogens with zero attached hydrogens (tertiary/aromatic N) is 1. The molecule has 3 N–H and O–H groups in total. The highest BCUT2D eigenvalue weighted by Gasteiger charge is 1.99. The lowest BCUT2D eigenvalue weighted by molar-refractivity contribution is 0.475. The van der Waals surface area contributed by atoms with Crippen molar-refractivity contribution in [3.63, 3.8) is 0 Å². The van der Waals surface area contributed by atoms with Crippen LogP contribution in [0.25, 0.3) is 5.52 Å². The molecule has 0 aliphatic carbocycles. The molecule has 0 aromatic carbocycles. The highest BCUT2D eigenvalue weighted by atomic mass is 16.3. The van der Waals surface area contributed by atoms with Crippen molar-refractivity contribution in [2.45, 2.75) is 0 Å². The van der Waals surface area contributed by atoms with Gasteiger partial charge in [0, 0.05) is 18.3 Å². The van der Waals surface area contributed by atoms with Crippen molar-refractivity contribution in [2.75, 3.05) is 5.73 Å². The summed E-state index contributed by atoms with van der Waals surface area (Å²) in [4.78, 5) is 11.3. The Labute approximate surface area is 73.9 Å². The summed E-state index contributed by atoms with van der Waals surface area (Å²) in [5.41, 5.74) is 6.45. The van der Waals surface area contributed by atoms with Crippen LogP contribution in [0.3, 0.4) is 0 Å². The Morgan fingerprint density at radius 1 is 1.31 bits per heavy atom. The average molecular weight is 176 g/mol. The summed E-state index contributed by atoms with van der Waals surface area (Å²) in [6.07, 6.45) is 1.49. The summed E-state index contributed by atoms with van der Waals surface area (Å²) in [5, 5.41) is 9.17. The van der Waals surface area contributed by atoms with E-state index < -0.39 is 0 Å². The van der Waals surface area contributed by atoms with Gasteiger partial charge >= 0.3 is 0 Å². The Kier molecular flexibility index (Phi) is 1.48. The summed E-state index contributed by atoms with van der Waals surface area (Å²) in [6, 6.07) is 5.81. The van der Waals surface area contributed by atoms with Gasteiger partial charge in [0.15, 0.2) is 0 Å². The van der Waals surface area contributed by atoms with Crippen LogP contribution in [0.4, 0.5) is 5.69 Å². The summed E-state index contributed by atoms with van der Waals surface area (Å²) in [6.45, 7) is 0. The number of anilines is 1. The number of aromatic nitrogens is 1. The van der Waals surface area contributed by atoms with Gasteiger partial charge in [-0.15, -0.1) is 0 Å². The minimum atomic E-state index is -0.163. The fourth-order valence-electron chi connectivity index (χ4n) is 1.23. The van der Waals surface area contributed by atoms with E-state index in [0.29, 0.717) is 11.2 Å². The van der Waals surface area contributed by atoms with E-state index in [0.717, 1.165) is 0 Å². The summed E-state index contributed by atoms with van der Waals surface area (Å²) >= 11 is 0. The zero-order chi connectivity index (χ0) is 9.42. The Morgan fingerprint density at radius 3 is 2.85 bits per heavy atom. The maximum absolute atomic E-state index is 11.3. The molecule has 2 heterocycles. The Hall–Kier alpha value is -1.97. The lowest BCUT2D eigenvalue weighted by atomic mass is 10.3. The maximum Gasteiger partial charge on any atom is 0.255 e. The largest absolute Gasteiger partial charge is 0.508 e. The first-order chi connectivity index (χ1) is 6.18. The molecule has 0 atom stereocenters. The van der Waals surface area contributed by atoms with E-state index in [2.05, 4.69) is 0 Å². The van der Waals surface area contributed by atoms with Crippen molar-refractivity contribution >= 4 is 11.2 Å². The van der Waals surface area contributed by atoms with Gasteiger partial charge in [0.05, 0.1) is 11.2 Å². The van der Waals surface area contributed by atoms with Gasteiger partial charge in [-0.1, -0.05) is 0 Å². The average Bonchev–Trinajstić information content (AvgIpc) is 2.12. The van der Waals surface area contributed by atoms with Gasteiger partial charge < -0.3 is 10.8 Å². The van der Waals surface area contributed by atoms with Gasteiger partial charge in [0.25, 0.3) is 5.56 Å². The molecule has 0 saturated heterocycles. The van der Waals surface area contributed by atoms with Crippen molar-refractivity contribution in [3.8, 4) is 5.75 Å². The summed E-state index contributed by atoms with van der Waals surface area (Å²) in [5.74, 6) is 0.0947. The zero-order valence-electron chi connectivity index (χ0n) is 6.77. The predicted molar refractivity (Wildman–Crippen MR) is 49.7 cm³/mol. The molecule has 4 heteroatoms. The molecule has 2 aromatic rings. The van der Waals surface area contributed by atoms with E-state index in [1.54, 1.807) is 0 Å². The Morgan fingerprint density at radius 2 is 2.08 bits per heavy atom. The molecule has 0 unspecified atom stereocenters. The molecular formula is C9H8N2O2. The first-order valence-corrected chi connectivity index (χ1v) is 3.78. The molecule has 0 aliphatic rings. The SMILES string of the molecule is Nc1ccc(=O)n2ccc(O)cc12. The van der Waals surface area contributed by atoms with Crippen molar-refractivity contribution in [1.29, 1.82) is 0 Å². The standard InChI is InChI=1S/C9H8N2O2/c10-7-1-2-9(13)11-4-3-6(12)5-8(7)11/h1-5,12H,10H2. The van der Waals surface area contributed by atoms with Crippen LogP contribution in [0.2, 0.25) is 0 Å². The molecule has 0 spiro atoms. The van der Waals surface area contributed by atoms with Crippen molar-refractivity contribution < 1.29 is 5.11 Å².